The maximum Gasteiger partial charge on any atom is 0.255 e. The van der Waals surface area contributed by atoms with Gasteiger partial charge in [0.1, 0.15) is 6.33 Å². The number of likely N-dealkylation sites (tertiary alicyclic amines) is 1. The summed E-state index contributed by atoms with van der Waals surface area (Å²) in [6, 6.07) is 3.64. The normalized spacial score (nSPS) is 24.5. The highest BCUT2D eigenvalue weighted by atomic mass is 16.5. The predicted molar refractivity (Wildman–Crippen MR) is 96.9 cm³/mol. The number of hydrogen-bond acceptors (Lipinski definition) is 5. The predicted octanol–water partition coefficient (Wildman–Crippen LogP) is 2.81. The van der Waals surface area contributed by atoms with Crippen molar-refractivity contribution in [3.8, 4) is 5.88 Å². The topological polar surface area (TPSA) is 68.2 Å². The van der Waals surface area contributed by atoms with E-state index in [0.717, 1.165) is 37.2 Å². The van der Waals surface area contributed by atoms with Crippen LogP contribution in [0.25, 0.3) is 0 Å². The molecule has 6 nitrogen and oxygen atoms in total. The van der Waals surface area contributed by atoms with Crippen LogP contribution >= 0.6 is 0 Å². The van der Waals surface area contributed by atoms with E-state index in [0.29, 0.717) is 24.0 Å². The minimum Gasteiger partial charge on any atom is -0.477 e. The molecule has 1 aliphatic carbocycles. The quantitative estimate of drug-likeness (QED) is 0.846. The molecule has 6 heteroatoms. The largest absolute Gasteiger partial charge is 0.477 e. The van der Waals surface area contributed by atoms with Gasteiger partial charge in [0.25, 0.3) is 5.91 Å². The Kier molecular flexibility index (Phi) is 4.34. The van der Waals surface area contributed by atoms with Crippen molar-refractivity contribution in [1.29, 1.82) is 0 Å². The van der Waals surface area contributed by atoms with Crippen LogP contribution < -0.4 is 4.74 Å². The molecule has 2 unspecified atom stereocenters. The Hall–Kier alpha value is -2.50. The van der Waals surface area contributed by atoms with Gasteiger partial charge in [0.15, 0.2) is 0 Å². The van der Waals surface area contributed by atoms with Crippen molar-refractivity contribution in [3.05, 3.63) is 47.7 Å². The van der Waals surface area contributed by atoms with Crippen LogP contribution in [0.15, 0.2) is 30.9 Å². The Morgan fingerprint density at radius 1 is 1.38 bits per heavy atom. The van der Waals surface area contributed by atoms with Crippen LogP contribution in [0.1, 0.15) is 40.9 Å². The van der Waals surface area contributed by atoms with Crippen molar-refractivity contribution in [1.82, 2.24) is 19.9 Å². The van der Waals surface area contributed by atoms with E-state index in [4.69, 9.17) is 4.74 Å². The van der Waals surface area contributed by atoms with Gasteiger partial charge in [-0.1, -0.05) is 6.42 Å². The van der Waals surface area contributed by atoms with Crippen molar-refractivity contribution < 1.29 is 9.53 Å². The first-order valence-corrected chi connectivity index (χ1v) is 9.19. The second kappa shape index (κ2) is 6.67. The lowest BCUT2D eigenvalue weighted by atomic mass is 9.81. The van der Waals surface area contributed by atoms with Crippen LogP contribution in [-0.2, 0) is 0 Å². The van der Waals surface area contributed by atoms with Crippen LogP contribution in [0.3, 0.4) is 0 Å². The molecule has 3 heterocycles. The molecule has 2 atom stereocenters. The second-order valence-corrected chi connectivity index (χ2v) is 7.56. The number of aromatic nitrogens is 3. The maximum atomic E-state index is 12.8. The molecule has 1 saturated heterocycles. The molecule has 2 aliphatic rings. The molecule has 1 saturated carbocycles. The lowest BCUT2D eigenvalue weighted by Gasteiger charge is -2.28. The summed E-state index contributed by atoms with van der Waals surface area (Å²) in [5.41, 5.74) is 2.62. The summed E-state index contributed by atoms with van der Waals surface area (Å²) in [5.74, 6) is 1.22. The summed E-state index contributed by atoms with van der Waals surface area (Å²) in [7, 11) is 0. The Bertz CT molecular complexity index is 811. The van der Waals surface area contributed by atoms with E-state index >= 15 is 0 Å². The van der Waals surface area contributed by atoms with Crippen molar-refractivity contribution in [2.24, 2.45) is 11.3 Å². The minimum absolute atomic E-state index is 0.0309. The average Bonchev–Trinajstić information content (AvgIpc) is 3.20. The molecule has 2 aromatic rings. The van der Waals surface area contributed by atoms with E-state index in [2.05, 4.69) is 15.0 Å². The van der Waals surface area contributed by atoms with Crippen molar-refractivity contribution in [3.63, 3.8) is 0 Å². The molecule has 26 heavy (non-hydrogen) atoms. The summed E-state index contributed by atoms with van der Waals surface area (Å²) in [5, 5.41) is 0. The van der Waals surface area contributed by atoms with E-state index in [-0.39, 0.29) is 11.3 Å². The number of carbonyl (C=O) groups excluding carboxylic acids is 1. The second-order valence-electron chi connectivity index (χ2n) is 7.56. The zero-order valence-electron chi connectivity index (χ0n) is 15.3. The van der Waals surface area contributed by atoms with Crippen molar-refractivity contribution in [2.75, 3.05) is 19.7 Å². The van der Waals surface area contributed by atoms with Crippen LogP contribution in [0.5, 0.6) is 5.88 Å². The van der Waals surface area contributed by atoms with E-state index < -0.39 is 0 Å². The Morgan fingerprint density at radius 2 is 2.27 bits per heavy atom. The zero-order valence-corrected chi connectivity index (χ0v) is 15.3. The molecule has 0 spiro atoms. The highest BCUT2D eigenvalue weighted by Crippen LogP contribution is 2.49. The fourth-order valence-electron chi connectivity index (χ4n) is 4.35. The lowest BCUT2D eigenvalue weighted by Crippen LogP contribution is -2.35. The molecular formula is C20H24N4O2. The zero-order chi connectivity index (χ0) is 18.1. The lowest BCUT2D eigenvalue weighted by molar-refractivity contribution is 0.0744. The molecule has 1 aliphatic heterocycles. The van der Waals surface area contributed by atoms with E-state index in [1.54, 1.807) is 18.7 Å². The summed E-state index contributed by atoms with van der Waals surface area (Å²) >= 11 is 0. The average molecular weight is 352 g/mol. The molecule has 2 aromatic heterocycles. The summed E-state index contributed by atoms with van der Waals surface area (Å²) in [4.78, 5) is 27.4. The Balaban J connectivity index is 1.50. The van der Waals surface area contributed by atoms with Gasteiger partial charge in [-0.2, -0.15) is 0 Å². The highest BCUT2D eigenvalue weighted by molar-refractivity contribution is 5.94. The fraction of sp³-hybridized carbons (Fsp3) is 0.500. The number of fused-ring (bicyclic) bond motifs is 1. The first-order chi connectivity index (χ1) is 12.6. The minimum atomic E-state index is 0.0309. The van der Waals surface area contributed by atoms with Crippen LogP contribution in [0.4, 0.5) is 0 Å². The number of rotatable bonds is 4. The summed E-state index contributed by atoms with van der Waals surface area (Å²) in [6.45, 7) is 6.10. The van der Waals surface area contributed by atoms with Gasteiger partial charge in [-0.3, -0.25) is 9.78 Å². The summed E-state index contributed by atoms with van der Waals surface area (Å²) in [6.07, 6.45) is 8.34. The monoisotopic (exact) mass is 352 g/mol. The number of aryl methyl sites for hydroxylation is 1. The third kappa shape index (κ3) is 2.93. The number of nitrogens with zero attached hydrogens (tertiary/aromatic N) is 4. The number of amides is 1. The molecule has 0 N–H and O–H groups in total. The van der Waals surface area contributed by atoms with Gasteiger partial charge >= 0.3 is 0 Å². The maximum absolute atomic E-state index is 12.8. The van der Waals surface area contributed by atoms with E-state index in [1.165, 1.54) is 6.42 Å². The number of pyridine rings is 1. The van der Waals surface area contributed by atoms with Gasteiger partial charge in [0, 0.05) is 42.2 Å². The van der Waals surface area contributed by atoms with Crippen LogP contribution in [-0.4, -0.2) is 45.5 Å². The standard InChI is InChI=1S/C20H24N4O2/c1-14-15(2)22-13-23-18(14)26-12-20-7-3-6-17(20)10-24(11-20)19(25)16-5-4-8-21-9-16/h4-5,8-9,13,17H,3,6-7,10-12H2,1-2H3. The first kappa shape index (κ1) is 16.9. The Labute approximate surface area is 153 Å². The van der Waals surface area contributed by atoms with Crippen LogP contribution in [0, 0.1) is 25.2 Å². The van der Waals surface area contributed by atoms with Crippen molar-refractivity contribution >= 4 is 5.91 Å². The van der Waals surface area contributed by atoms with Gasteiger partial charge in [-0.05, 0) is 44.7 Å². The van der Waals surface area contributed by atoms with Crippen molar-refractivity contribution in [2.45, 2.75) is 33.1 Å². The molecule has 4 rings (SSSR count). The molecule has 2 fully saturated rings. The van der Waals surface area contributed by atoms with Gasteiger partial charge in [-0.15, -0.1) is 0 Å². The molecule has 136 valence electrons. The molecular weight excluding hydrogens is 328 g/mol. The van der Waals surface area contributed by atoms with Gasteiger partial charge in [0.2, 0.25) is 5.88 Å². The van der Waals surface area contributed by atoms with Gasteiger partial charge < -0.3 is 9.64 Å². The Morgan fingerprint density at radius 3 is 3.08 bits per heavy atom. The number of ether oxygens (including phenoxy) is 1. The third-order valence-corrected chi connectivity index (χ3v) is 6.02. The SMILES string of the molecule is Cc1ncnc(OCC23CCCC2CN(C(=O)c2cccnc2)C3)c1C. The third-order valence-electron chi connectivity index (χ3n) is 6.02. The van der Waals surface area contributed by atoms with Gasteiger partial charge in [-0.25, -0.2) is 9.97 Å². The van der Waals surface area contributed by atoms with Crippen LogP contribution in [0.2, 0.25) is 0 Å². The molecule has 0 radical (unpaired) electrons. The van der Waals surface area contributed by atoms with E-state index in [9.17, 15) is 4.79 Å². The highest BCUT2D eigenvalue weighted by Gasteiger charge is 2.51. The van der Waals surface area contributed by atoms with Gasteiger partial charge in [0.05, 0.1) is 12.2 Å². The molecule has 0 bridgehead atoms. The summed E-state index contributed by atoms with van der Waals surface area (Å²) < 4.78 is 6.14. The number of hydrogen-bond donors (Lipinski definition) is 0. The molecule has 0 aromatic carbocycles. The molecule has 1 amide bonds. The smallest absolute Gasteiger partial charge is 0.255 e. The van der Waals surface area contributed by atoms with E-state index in [1.807, 2.05) is 30.9 Å². The number of carbonyl (C=O) groups is 1. The first-order valence-electron chi connectivity index (χ1n) is 9.19. The fourth-order valence-corrected chi connectivity index (χ4v) is 4.35.